The van der Waals surface area contributed by atoms with Gasteiger partial charge in [0.2, 0.25) is 0 Å². The van der Waals surface area contributed by atoms with Crippen LogP contribution in [0.2, 0.25) is 0 Å². The van der Waals surface area contributed by atoms with Gasteiger partial charge in [-0.25, -0.2) is 0 Å². The van der Waals surface area contributed by atoms with Crippen LogP contribution in [0.4, 0.5) is 0 Å². The molecule has 0 aliphatic carbocycles. The molecule has 0 amide bonds. The average Bonchev–Trinajstić information content (AvgIpc) is 1.38. The maximum absolute atomic E-state index is 5.44. The number of hydrogen-bond donors (Lipinski definition) is 0. The minimum atomic E-state index is 0.313. The molecule has 0 aromatic carbocycles. The Balaban J connectivity index is 2.54. The monoisotopic (exact) mass is 316 g/mol. The van der Waals surface area contributed by atoms with Crippen LogP contribution in [0.25, 0.3) is 0 Å². The second-order valence-corrected chi connectivity index (χ2v) is 4.19. The molecule has 1 unspecified atom stereocenters. The van der Waals surface area contributed by atoms with Crippen LogP contribution < -0.4 is 0 Å². The molecule has 0 bridgehead atoms. The summed E-state index contributed by atoms with van der Waals surface area (Å²) >= 11 is 9.84. The summed E-state index contributed by atoms with van der Waals surface area (Å²) in [5.41, 5.74) is 0. The molecule has 5 heavy (non-hydrogen) atoms. The number of rotatable bonds is 1. The van der Waals surface area contributed by atoms with E-state index in [4.69, 9.17) is 11.6 Å². The molecule has 32 valence electrons. The average molecular weight is 316 g/mol. The van der Waals surface area contributed by atoms with Gasteiger partial charge in [-0.2, -0.15) is 0 Å². The molecule has 0 aromatic rings. The third-order valence-electron chi connectivity index (χ3n) is 0.117. The maximum Gasteiger partial charge on any atom is 0.0939 e. The molecule has 0 aliphatic heterocycles. The highest BCUT2D eigenvalue weighted by molar-refractivity contribution is 14.1. The summed E-state index contributed by atoms with van der Waals surface area (Å²) in [6.07, 6.45) is 0. The molecule has 3 heteroatoms. The van der Waals surface area contributed by atoms with Crippen LogP contribution in [0.3, 0.4) is 0 Å². The van der Waals surface area contributed by atoms with Gasteiger partial charge in [0.25, 0.3) is 0 Å². The summed E-state index contributed by atoms with van der Waals surface area (Å²) in [7, 11) is 0. The SMILES string of the molecule is ClC(I)CI. The maximum atomic E-state index is 5.44. The lowest BCUT2D eigenvalue weighted by atomic mass is 11.0. The van der Waals surface area contributed by atoms with Gasteiger partial charge in [0.15, 0.2) is 0 Å². The van der Waals surface area contributed by atoms with Crippen molar-refractivity contribution in [3.8, 4) is 0 Å². The van der Waals surface area contributed by atoms with Crippen molar-refractivity contribution in [1.82, 2.24) is 0 Å². The summed E-state index contributed by atoms with van der Waals surface area (Å²) in [6.45, 7) is 0. The number of hydrogen-bond acceptors (Lipinski definition) is 0. The molecular weight excluding hydrogens is 313 g/mol. The fourth-order valence-corrected chi connectivity index (χ4v) is 0. The van der Waals surface area contributed by atoms with Crippen molar-refractivity contribution in [1.29, 1.82) is 0 Å². The van der Waals surface area contributed by atoms with Crippen molar-refractivity contribution in [2.75, 3.05) is 4.43 Å². The molecule has 0 aliphatic rings. The first-order valence-electron chi connectivity index (χ1n) is 1.11. The highest BCUT2D eigenvalue weighted by atomic mass is 127. The number of alkyl halides is 3. The van der Waals surface area contributed by atoms with E-state index in [0.717, 1.165) is 4.43 Å². The second kappa shape index (κ2) is 3.92. The topological polar surface area (TPSA) is 0 Å². The van der Waals surface area contributed by atoms with Crippen molar-refractivity contribution in [3.05, 3.63) is 0 Å². The highest BCUT2D eigenvalue weighted by Gasteiger charge is 1.87. The predicted octanol–water partition coefficient (Wildman–Crippen LogP) is 2.42. The Morgan fingerprint density at radius 2 is 2.00 bits per heavy atom. The lowest BCUT2D eigenvalue weighted by molar-refractivity contribution is 1.54. The third-order valence-corrected chi connectivity index (χ3v) is 3.80. The van der Waals surface area contributed by atoms with E-state index in [2.05, 4.69) is 45.2 Å². The van der Waals surface area contributed by atoms with Crippen LogP contribution in [0.15, 0.2) is 0 Å². The van der Waals surface area contributed by atoms with Gasteiger partial charge in [-0.05, 0) is 0 Å². The summed E-state index contributed by atoms with van der Waals surface area (Å²) in [5.74, 6) is 0. The molecule has 0 spiro atoms. The normalized spacial score (nSPS) is 15.0. The van der Waals surface area contributed by atoms with Crippen molar-refractivity contribution in [3.63, 3.8) is 0 Å². The van der Waals surface area contributed by atoms with Crippen molar-refractivity contribution < 1.29 is 0 Å². The molecule has 0 N–H and O–H groups in total. The highest BCUT2D eigenvalue weighted by Crippen LogP contribution is 2.07. The van der Waals surface area contributed by atoms with Gasteiger partial charge in [-0.15, -0.1) is 11.6 Å². The van der Waals surface area contributed by atoms with Crippen LogP contribution in [0.1, 0.15) is 0 Å². The molecule has 1 atom stereocenters. The Kier molecular flexibility index (Phi) is 5.30. The smallest absolute Gasteiger partial charge is 0.0939 e. The van der Waals surface area contributed by atoms with E-state index in [1.54, 1.807) is 0 Å². The standard InChI is InChI=1S/C2H3ClI2/c3-2(5)1-4/h2H,1H2. The molecule has 0 heterocycles. The quantitative estimate of drug-likeness (QED) is 0.515. The van der Waals surface area contributed by atoms with Crippen LogP contribution in [0, 0.1) is 0 Å². The Labute approximate surface area is 63.9 Å². The van der Waals surface area contributed by atoms with Crippen molar-refractivity contribution in [2.45, 2.75) is 3.38 Å². The lowest BCUT2D eigenvalue weighted by Crippen LogP contribution is -1.80. The fourth-order valence-electron chi connectivity index (χ4n) is 0. The van der Waals surface area contributed by atoms with Gasteiger partial charge in [0, 0.05) is 4.43 Å². The van der Waals surface area contributed by atoms with Crippen LogP contribution in [-0.2, 0) is 0 Å². The summed E-state index contributed by atoms with van der Waals surface area (Å²) < 4.78 is 1.34. The van der Waals surface area contributed by atoms with Gasteiger partial charge < -0.3 is 0 Å². The summed E-state index contributed by atoms with van der Waals surface area (Å²) in [5, 5.41) is 0. The van der Waals surface area contributed by atoms with Gasteiger partial charge in [0.1, 0.15) is 0 Å². The summed E-state index contributed by atoms with van der Waals surface area (Å²) in [6, 6.07) is 0. The van der Waals surface area contributed by atoms with Gasteiger partial charge in [0.05, 0.1) is 3.38 Å². The largest absolute Gasteiger partial charge is 0.111 e. The van der Waals surface area contributed by atoms with E-state index >= 15 is 0 Å². The van der Waals surface area contributed by atoms with E-state index in [-0.39, 0.29) is 0 Å². The Morgan fingerprint density at radius 1 is 1.80 bits per heavy atom. The predicted molar refractivity (Wildman–Crippen MR) is 42.5 cm³/mol. The van der Waals surface area contributed by atoms with E-state index in [0.29, 0.717) is 3.38 Å². The molecule has 0 aromatic heterocycles. The molecule has 0 saturated carbocycles. The van der Waals surface area contributed by atoms with Crippen molar-refractivity contribution in [2.24, 2.45) is 0 Å². The van der Waals surface area contributed by atoms with Crippen LogP contribution >= 0.6 is 56.8 Å². The first-order chi connectivity index (χ1) is 2.27. The van der Waals surface area contributed by atoms with Gasteiger partial charge in [-0.3, -0.25) is 0 Å². The van der Waals surface area contributed by atoms with E-state index in [1.807, 2.05) is 0 Å². The number of halogens is 3. The summed E-state index contributed by atoms with van der Waals surface area (Å²) in [4.78, 5) is 0. The lowest BCUT2D eigenvalue weighted by Gasteiger charge is -1.83. The molecule has 0 nitrogen and oxygen atoms in total. The third kappa shape index (κ3) is 5.75. The molecule has 0 radical (unpaired) electrons. The van der Waals surface area contributed by atoms with E-state index in [9.17, 15) is 0 Å². The zero-order valence-electron chi connectivity index (χ0n) is 2.42. The second-order valence-electron chi connectivity index (χ2n) is 0.545. The molecular formula is C2H3ClI2. The molecule has 0 saturated heterocycles. The zero-order chi connectivity index (χ0) is 4.28. The molecule has 0 rings (SSSR count). The fraction of sp³-hybridized carbons (Fsp3) is 1.00. The van der Waals surface area contributed by atoms with Crippen LogP contribution in [0.5, 0.6) is 0 Å². The van der Waals surface area contributed by atoms with Gasteiger partial charge >= 0.3 is 0 Å². The Morgan fingerprint density at radius 3 is 2.00 bits per heavy atom. The minimum Gasteiger partial charge on any atom is -0.111 e. The first-order valence-corrected chi connectivity index (χ1v) is 4.32. The molecule has 0 fully saturated rings. The Hall–Kier alpha value is 1.75. The van der Waals surface area contributed by atoms with Crippen LogP contribution in [-0.4, -0.2) is 7.81 Å². The van der Waals surface area contributed by atoms with Crippen molar-refractivity contribution >= 4 is 56.8 Å². The van der Waals surface area contributed by atoms with Gasteiger partial charge in [-0.1, -0.05) is 45.2 Å². The zero-order valence-corrected chi connectivity index (χ0v) is 7.49. The van der Waals surface area contributed by atoms with E-state index in [1.165, 1.54) is 0 Å². The minimum absolute atomic E-state index is 0.313. The first kappa shape index (κ1) is 6.75. The van der Waals surface area contributed by atoms with E-state index < -0.39 is 0 Å². The Bertz CT molecular complexity index is 21.6.